The van der Waals surface area contributed by atoms with Gasteiger partial charge in [0.1, 0.15) is 0 Å². The van der Waals surface area contributed by atoms with E-state index in [9.17, 15) is 0 Å². The third kappa shape index (κ3) is 4.58. The molecule has 4 rings (SSSR count). The standard InChI is InChI=1S/C23H18N4S/c1-3-10-18(11-4-1)12-9-17-24-27-22(25-19-13-5-2-6-14-19)23-26-20-15-7-8-16-21(20)28-23/h1-17H,(H,25,27)/b12-9+,24-17+. The molecule has 0 radical (unpaired) electrons. The van der Waals surface area contributed by atoms with E-state index in [0.29, 0.717) is 5.84 Å². The van der Waals surface area contributed by atoms with Gasteiger partial charge in [-0.25, -0.2) is 9.98 Å². The second-order valence-electron chi connectivity index (χ2n) is 5.94. The lowest BCUT2D eigenvalue weighted by Gasteiger charge is -2.02. The fourth-order valence-electron chi connectivity index (χ4n) is 2.59. The zero-order valence-corrected chi connectivity index (χ0v) is 15.9. The van der Waals surface area contributed by atoms with Crippen LogP contribution in [0.1, 0.15) is 10.6 Å². The van der Waals surface area contributed by atoms with Crippen molar-refractivity contribution < 1.29 is 0 Å². The molecule has 5 heteroatoms. The lowest BCUT2D eigenvalue weighted by atomic mass is 10.2. The smallest absolute Gasteiger partial charge is 0.183 e. The second-order valence-corrected chi connectivity index (χ2v) is 6.97. The predicted octanol–water partition coefficient (Wildman–Crippen LogP) is 5.66. The first-order valence-corrected chi connectivity index (χ1v) is 9.71. The van der Waals surface area contributed by atoms with Crippen LogP contribution in [0.2, 0.25) is 0 Å². The maximum Gasteiger partial charge on any atom is 0.183 e. The Morgan fingerprint density at radius 1 is 0.857 bits per heavy atom. The molecule has 0 amide bonds. The molecule has 0 unspecified atom stereocenters. The molecule has 1 N–H and O–H groups in total. The van der Waals surface area contributed by atoms with E-state index in [4.69, 9.17) is 4.99 Å². The monoisotopic (exact) mass is 382 g/mol. The summed E-state index contributed by atoms with van der Waals surface area (Å²) < 4.78 is 1.12. The molecule has 4 aromatic rings. The quantitative estimate of drug-likeness (QED) is 0.275. The van der Waals surface area contributed by atoms with Crippen LogP contribution in [0.15, 0.2) is 101 Å². The summed E-state index contributed by atoms with van der Waals surface area (Å²) in [6.07, 6.45) is 5.60. The fraction of sp³-hybridized carbons (Fsp3) is 0. The maximum atomic E-state index is 4.70. The SMILES string of the molecule is C(=C\c1ccccc1)/C=N/NC(=Nc1ccccc1)c1nc2ccccc2s1. The van der Waals surface area contributed by atoms with Crippen molar-refractivity contribution >= 4 is 45.4 Å². The Morgan fingerprint density at radius 3 is 2.36 bits per heavy atom. The number of fused-ring (bicyclic) bond motifs is 1. The summed E-state index contributed by atoms with van der Waals surface area (Å²) in [4.78, 5) is 9.38. The van der Waals surface area contributed by atoms with Crippen LogP contribution >= 0.6 is 11.3 Å². The van der Waals surface area contributed by atoms with E-state index in [0.717, 1.165) is 26.5 Å². The number of nitrogens with one attached hydrogen (secondary N) is 1. The molecule has 0 saturated carbocycles. The van der Waals surface area contributed by atoms with Crippen molar-refractivity contribution in [2.24, 2.45) is 10.1 Å². The van der Waals surface area contributed by atoms with Gasteiger partial charge in [0.2, 0.25) is 0 Å². The van der Waals surface area contributed by atoms with Crippen LogP contribution in [-0.2, 0) is 0 Å². The van der Waals surface area contributed by atoms with Crippen LogP contribution in [0.3, 0.4) is 0 Å². The van der Waals surface area contributed by atoms with Gasteiger partial charge in [0, 0.05) is 6.21 Å². The van der Waals surface area contributed by atoms with Gasteiger partial charge < -0.3 is 0 Å². The number of aromatic nitrogens is 1. The van der Waals surface area contributed by atoms with Crippen LogP contribution in [0.5, 0.6) is 0 Å². The van der Waals surface area contributed by atoms with Crippen molar-refractivity contribution in [3.8, 4) is 0 Å². The van der Waals surface area contributed by atoms with Crippen LogP contribution in [-0.4, -0.2) is 17.0 Å². The summed E-state index contributed by atoms with van der Waals surface area (Å²) in [6, 6.07) is 27.9. The molecule has 0 aliphatic heterocycles. The lowest BCUT2D eigenvalue weighted by molar-refractivity contribution is 1.03. The summed E-state index contributed by atoms with van der Waals surface area (Å²) in [5.41, 5.74) is 5.97. The minimum atomic E-state index is 0.622. The van der Waals surface area contributed by atoms with Crippen molar-refractivity contribution in [1.82, 2.24) is 10.4 Å². The summed E-state index contributed by atoms with van der Waals surface area (Å²) in [5.74, 6) is 0.622. The predicted molar refractivity (Wildman–Crippen MR) is 119 cm³/mol. The van der Waals surface area contributed by atoms with Crippen LogP contribution < -0.4 is 5.43 Å². The number of benzene rings is 3. The molecule has 136 valence electrons. The Bertz CT molecular complexity index is 1100. The van der Waals surface area contributed by atoms with E-state index in [1.165, 1.54) is 0 Å². The third-order valence-corrected chi connectivity index (χ3v) is 4.96. The number of amidine groups is 1. The molecule has 0 saturated heterocycles. The van der Waals surface area contributed by atoms with Gasteiger partial charge in [-0.05, 0) is 35.9 Å². The molecule has 0 aliphatic carbocycles. The maximum absolute atomic E-state index is 4.70. The fourth-order valence-corrected chi connectivity index (χ4v) is 3.49. The summed E-state index contributed by atoms with van der Waals surface area (Å²) in [5, 5.41) is 5.10. The lowest BCUT2D eigenvalue weighted by Crippen LogP contribution is -2.18. The number of thiazole rings is 1. The Hall–Kier alpha value is -3.57. The summed E-state index contributed by atoms with van der Waals surface area (Å²) in [7, 11) is 0. The summed E-state index contributed by atoms with van der Waals surface area (Å²) in [6.45, 7) is 0. The number of aliphatic imine (C=N–C) groups is 1. The molecule has 4 nitrogen and oxygen atoms in total. The number of hydrazone groups is 1. The van der Waals surface area contributed by atoms with Crippen molar-refractivity contribution in [1.29, 1.82) is 0 Å². The highest BCUT2D eigenvalue weighted by Gasteiger charge is 2.10. The van der Waals surface area contributed by atoms with E-state index < -0.39 is 0 Å². The zero-order valence-electron chi connectivity index (χ0n) is 15.1. The van der Waals surface area contributed by atoms with Gasteiger partial charge in [0.15, 0.2) is 10.8 Å². The van der Waals surface area contributed by atoms with Crippen molar-refractivity contribution in [3.05, 3.63) is 102 Å². The Balaban J connectivity index is 1.57. The average molecular weight is 382 g/mol. The van der Waals surface area contributed by atoms with Gasteiger partial charge in [-0.15, -0.1) is 11.3 Å². The van der Waals surface area contributed by atoms with E-state index in [-0.39, 0.29) is 0 Å². The number of allylic oxidation sites excluding steroid dienone is 1. The van der Waals surface area contributed by atoms with E-state index in [1.54, 1.807) is 17.6 Å². The first-order valence-electron chi connectivity index (χ1n) is 8.89. The van der Waals surface area contributed by atoms with Gasteiger partial charge in [-0.1, -0.05) is 66.7 Å². The Kier molecular flexibility index (Phi) is 5.65. The van der Waals surface area contributed by atoms with E-state index >= 15 is 0 Å². The molecule has 28 heavy (non-hydrogen) atoms. The molecular weight excluding hydrogens is 364 g/mol. The highest BCUT2D eigenvalue weighted by Crippen LogP contribution is 2.23. The minimum absolute atomic E-state index is 0.622. The van der Waals surface area contributed by atoms with Gasteiger partial charge in [0.05, 0.1) is 15.9 Å². The molecular formula is C23H18N4S. The first-order chi connectivity index (χ1) is 13.9. The molecule has 1 heterocycles. The molecule has 0 spiro atoms. The van der Waals surface area contributed by atoms with Gasteiger partial charge in [0.25, 0.3) is 0 Å². The van der Waals surface area contributed by atoms with Gasteiger partial charge in [-0.3, -0.25) is 5.43 Å². The molecule has 0 atom stereocenters. The molecule has 1 aromatic heterocycles. The van der Waals surface area contributed by atoms with Crippen molar-refractivity contribution in [2.75, 3.05) is 0 Å². The van der Waals surface area contributed by atoms with E-state index in [2.05, 4.69) is 21.6 Å². The number of nitrogens with zero attached hydrogens (tertiary/aromatic N) is 3. The van der Waals surface area contributed by atoms with Crippen molar-refractivity contribution in [3.63, 3.8) is 0 Å². The highest BCUT2D eigenvalue weighted by atomic mass is 32.1. The number of para-hydroxylation sites is 2. The van der Waals surface area contributed by atoms with Crippen LogP contribution in [0.4, 0.5) is 5.69 Å². The second kappa shape index (κ2) is 8.88. The van der Waals surface area contributed by atoms with Crippen LogP contribution in [0.25, 0.3) is 16.3 Å². The number of hydrogen-bond donors (Lipinski definition) is 1. The topological polar surface area (TPSA) is 49.6 Å². The summed E-state index contributed by atoms with van der Waals surface area (Å²) >= 11 is 1.59. The molecule has 0 bridgehead atoms. The minimum Gasteiger partial charge on any atom is -0.259 e. The largest absolute Gasteiger partial charge is 0.259 e. The van der Waals surface area contributed by atoms with Gasteiger partial charge >= 0.3 is 0 Å². The average Bonchev–Trinajstić information content (AvgIpc) is 3.18. The first kappa shape index (κ1) is 17.8. The van der Waals surface area contributed by atoms with Gasteiger partial charge in [-0.2, -0.15) is 5.10 Å². The van der Waals surface area contributed by atoms with Crippen molar-refractivity contribution in [2.45, 2.75) is 0 Å². The third-order valence-electron chi connectivity index (χ3n) is 3.91. The molecule has 0 aliphatic rings. The van der Waals surface area contributed by atoms with Crippen LogP contribution in [0, 0.1) is 0 Å². The molecule has 3 aromatic carbocycles. The Labute approximate surface area is 167 Å². The molecule has 0 fully saturated rings. The van der Waals surface area contributed by atoms with E-state index in [1.807, 2.05) is 91.0 Å². The Morgan fingerprint density at radius 2 is 1.57 bits per heavy atom. The highest BCUT2D eigenvalue weighted by molar-refractivity contribution is 7.20. The zero-order chi connectivity index (χ0) is 19.0. The number of rotatable bonds is 5. The normalized spacial score (nSPS) is 12.2. The number of hydrogen-bond acceptors (Lipinski definition) is 4.